The molecule has 4 heterocycles. The van der Waals surface area contributed by atoms with Gasteiger partial charge < -0.3 is 14.0 Å². The normalized spacial score (nSPS) is 14.1. The number of aryl methyl sites for hydroxylation is 2. The van der Waals surface area contributed by atoms with E-state index in [1.54, 1.807) is 12.1 Å². The van der Waals surface area contributed by atoms with E-state index in [4.69, 9.17) is 0 Å². The first-order valence-electron chi connectivity index (χ1n) is 14.6. The molecule has 0 atom stereocenters. The van der Waals surface area contributed by atoms with Crippen molar-refractivity contribution in [3.05, 3.63) is 107 Å². The summed E-state index contributed by atoms with van der Waals surface area (Å²) in [7, 11) is 1.86. The standard InChI is InChI=1S/C33H33F2N7O.2ClH/c1-38-21-28(26-18-24(34)8-10-29(26)38)32-36-37-33(43)42(32)31-22-41(30-11-9-25(35)19-27(30)31)13-5-12-39-14-16-40(17-15-39)20-23-6-3-2-4-7-23;;/h2-4,6-11,18-19,21-22H,5,12-17,20H2,1H3,(H,37,43);2*1H. The number of benzene rings is 3. The van der Waals surface area contributed by atoms with E-state index < -0.39 is 5.69 Å². The minimum atomic E-state index is -0.444. The number of piperazine rings is 1. The summed E-state index contributed by atoms with van der Waals surface area (Å²) in [6, 6.07) is 19.8. The molecule has 6 aromatic rings. The van der Waals surface area contributed by atoms with E-state index in [1.165, 1.54) is 34.4 Å². The molecule has 1 fully saturated rings. The van der Waals surface area contributed by atoms with E-state index >= 15 is 0 Å². The van der Waals surface area contributed by atoms with E-state index in [0.29, 0.717) is 34.4 Å². The lowest BCUT2D eigenvalue weighted by molar-refractivity contribution is 0.125. The van der Waals surface area contributed by atoms with Crippen LogP contribution in [0.5, 0.6) is 0 Å². The number of halogens is 4. The van der Waals surface area contributed by atoms with Crippen molar-refractivity contribution in [2.45, 2.75) is 19.5 Å². The van der Waals surface area contributed by atoms with Crippen LogP contribution in [-0.4, -0.2) is 66.4 Å². The Morgan fingerprint density at radius 2 is 1.47 bits per heavy atom. The average Bonchev–Trinajstić information content (AvgIpc) is 3.66. The highest BCUT2D eigenvalue weighted by molar-refractivity contribution is 5.96. The highest BCUT2D eigenvalue weighted by atomic mass is 35.5. The molecule has 236 valence electrons. The average molecular weight is 655 g/mol. The van der Waals surface area contributed by atoms with Gasteiger partial charge in [0.05, 0.1) is 11.2 Å². The summed E-state index contributed by atoms with van der Waals surface area (Å²) < 4.78 is 34.2. The van der Waals surface area contributed by atoms with Crippen molar-refractivity contribution in [2.24, 2.45) is 7.05 Å². The first-order valence-corrected chi connectivity index (χ1v) is 14.6. The molecule has 3 aromatic carbocycles. The van der Waals surface area contributed by atoms with Crippen molar-refractivity contribution in [3.63, 3.8) is 0 Å². The lowest BCUT2D eigenvalue weighted by Gasteiger charge is -2.34. The van der Waals surface area contributed by atoms with Crippen LogP contribution in [-0.2, 0) is 20.1 Å². The van der Waals surface area contributed by atoms with Gasteiger partial charge in [-0.15, -0.1) is 24.8 Å². The summed E-state index contributed by atoms with van der Waals surface area (Å²) in [5.41, 5.74) is 3.69. The molecule has 0 aliphatic carbocycles. The third-order valence-corrected chi connectivity index (χ3v) is 8.52. The van der Waals surface area contributed by atoms with Gasteiger partial charge in [0.15, 0.2) is 5.82 Å². The second-order valence-corrected chi connectivity index (χ2v) is 11.3. The van der Waals surface area contributed by atoms with Crippen LogP contribution < -0.4 is 5.69 Å². The second kappa shape index (κ2) is 13.6. The number of hydrogen-bond donors (Lipinski definition) is 1. The molecule has 0 unspecified atom stereocenters. The lowest BCUT2D eigenvalue weighted by atomic mass is 10.1. The fraction of sp³-hybridized carbons (Fsp3) is 0.273. The monoisotopic (exact) mass is 653 g/mol. The summed E-state index contributed by atoms with van der Waals surface area (Å²) >= 11 is 0. The largest absolute Gasteiger partial charge is 0.350 e. The van der Waals surface area contributed by atoms with Crippen molar-refractivity contribution >= 4 is 46.6 Å². The van der Waals surface area contributed by atoms with Crippen LogP contribution >= 0.6 is 24.8 Å². The molecule has 1 N–H and O–H groups in total. The van der Waals surface area contributed by atoms with Crippen LogP contribution in [0, 0.1) is 11.6 Å². The summed E-state index contributed by atoms with van der Waals surface area (Å²) in [6.45, 7) is 6.77. The Morgan fingerprint density at radius 1 is 0.800 bits per heavy atom. The van der Waals surface area contributed by atoms with Gasteiger partial charge >= 0.3 is 5.69 Å². The van der Waals surface area contributed by atoms with Crippen LogP contribution in [0.4, 0.5) is 8.78 Å². The van der Waals surface area contributed by atoms with E-state index in [9.17, 15) is 13.6 Å². The van der Waals surface area contributed by atoms with Gasteiger partial charge in [-0.25, -0.2) is 23.2 Å². The molecule has 7 rings (SSSR count). The molecule has 3 aromatic heterocycles. The molecule has 0 spiro atoms. The predicted molar refractivity (Wildman–Crippen MR) is 179 cm³/mol. The Morgan fingerprint density at radius 3 is 2.20 bits per heavy atom. The number of nitrogens with one attached hydrogen (secondary N) is 1. The predicted octanol–water partition coefficient (Wildman–Crippen LogP) is 6.00. The molecule has 0 bridgehead atoms. The number of aromatic nitrogens is 5. The quantitative estimate of drug-likeness (QED) is 0.219. The zero-order chi connectivity index (χ0) is 29.5. The highest BCUT2D eigenvalue weighted by Crippen LogP contribution is 2.33. The topological polar surface area (TPSA) is 67.0 Å². The molecular weight excluding hydrogens is 619 g/mol. The van der Waals surface area contributed by atoms with Crippen LogP contribution in [0.15, 0.2) is 83.9 Å². The summed E-state index contributed by atoms with van der Waals surface area (Å²) in [4.78, 5) is 18.2. The number of nitrogens with zero attached hydrogens (tertiary/aromatic N) is 6. The van der Waals surface area contributed by atoms with E-state index in [1.807, 2.05) is 24.0 Å². The maximum atomic E-state index is 14.5. The van der Waals surface area contributed by atoms with Crippen LogP contribution in [0.3, 0.4) is 0 Å². The fourth-order valence-corrected chi connectivity index (χ4v) is 6.33. The van der Waals surface area contributed by atoms with Gasteiger partial charge in [-0.2, -0.15) is 5.10 Å². The van der Waals surface area contributed by atoms with Crippen molar-refractivity contribution in [2.75, 3.05) is 32.7 Å². The van der Waals surface area contributed by atoms with Crippen molar-refractivity contribution < 1.29 is 8.78 Å². The minimum Gasteiger partial charge on any atom is -0.350 e. The molecule has 1 aliphatic rings. The SMILES string of the molecule is Cl.Cl.Cn1cc(-c2n[nH]c(=O)n2-c2cn(CCCN3CCN(Cc4ccccc4)CC3)c3ccc(F)cc23)c2cc(F)ccc21. The number of hydrogen-bond acceptors (Lipinski definition) is 4. The summed E-state index contributed by atoms with van der Waals surface area (Å²) in [5.74, 6) is -0.413. The number of rotatable bonds is 8. The Bertz CT molecular complexity index is 1970. The molecule has 45 heavy (non-hydrogen) atoms. The molecule has 1 saturated heterocycles. The van der Waals surface area contributed by atoms with Crippen LogP contribution in [0.1, 0.15) is 12.0 Å². The van der Waals surface area contributed by atoms with Gasteiger partial charge in [-0.05, 0) is 54.9 Å². The first kappa shape index (κ1) is 32.4. The molecule has 12 heteroatoms. The third kappa shape index (κ3) is 6.41. The number of H-pyrrole nitrogens is 1. The second-order valence-electron chi connectivity index (χ2n) is 11.3. The van der Waals surface area contributed by atoms with Crippen molar-refractivity contribution in [3.8, 4) is 17.1 Å². The zero-order valence-corrected chi connectivity index (χ0v) is 26.5. The van der Waals surface area contributed by atoms with Gasteiger partial charge in [0.1, 0.15) is 11.6 Å². The number of aromatic amines is 1. The first-order chi connectivity index (χ1) is 20.9. The molecule has 0 radical (unpaired) electrons. The Labute approximate surface area is 271 Å². The number of fused-ring (bicyclic) bond motifs is 2. The Hall–Kier alpha value is -3.96. The molecule has 8 nitrogen and oxygen atoms in total. The molecule has 1 aliphatic heterocycles. The van der Waals surface area contributed by atoms with Gasteiger partial charge in [-0.1, -0.05) is 30.3 Å². The molecule has 0 saturated carbocycles. The van der Waals surface area contributed by atoms with E-state index in [2.05, 4.69) is 54.9 Å². The minimum absolute atomic E-state index is 0. The van der Waals surface area contributed by atoms with E-state index in [-0.39, 0.29) is 36.4 Å². The summed E-state index contributed by atoms with van der Waals surface area (Å²) in [5, 5.41) is 8.14. The van der Waals surface area contributed by atoms with Gasteiger partial charge in [0.2, 0.25) is 0 Å². The van der Waals surface area contributed by atoms with E-state index in [0.717, 1.165) is 56.7 Å². The Kier molecular flexibility index (Phi) is 9.79. The Balaban J connectivity index is 0.00000200. The zero-order valence-electron chi connectivity index (χ0n) is 24.8. The van der Waals surface area contributed by atoms with Crippen LogP contribution in [0.2, 0.25) is 0 Å². The van der Waals surface area contributed by atoms with Crippen molar-refractivity contribution in [1.82, 2.24) is 33.7 Å². The van der Waals surface area contributed by atoms with Crippen LogP contribution in [0.25, 0.3) is 38.9 Å². The lowest BCUT2D eigenvalue weighted by Crippen LogP contribution is -2.46. The molecular formula is C33H35Cl2F2N7O. The smallest absolute Gasteiger partial charge is 0.348 e. The maximum absolute atomic E-state index is 14.5. The molecule has 0 amide bonds. The summed E-state index contributed by atoms with van der Waals surface area (Å²) in [6.07, 6.45) is 4.64. The van der Waals surface area contributed by atoms with Crippen molar-refractivity contribution in [1.29, 1.82) is 0 Å². The maximum Gasteiger partial charge on any atom is 0.348 e. The highest BCUT2D eigenvalue weighted by Gasteiger charge is 2.22. The van der Waals surface area contributed by atoms with Gasteiger partial charge in [0, 0.05) is 80.6 Å². The van der Waals surface area contributed by atoms with Gasteiger partial charge in [0.25, 0.3) is 0 Å². The van der Waals surface area contributed by atoms with Gasteiger partial charge in [-0.3, -0.25) is 4.90 Å². The third-order valence-electron chi connectivity index (χ3n) is 8.52. The fourth-order valence-electron chi connectivity index (χ4n) is 6.33.